The number of hydrogen-bond donors (Lipinski definition) is 0. The lowest BCUT2D eigenvalue weighted by molar-refractivity contribution is 0.0741. The number of rotatable bonds is 25. The third kappa shape index (κ3) is 17.4. The number of benzene rings is 1. The summed E-state index contributed by atoms with van der Waals surface area (Å²) in [7, 11) is 0. The summed E-state index contributed by atoms with van der Waals surface area (Å²) in [5.74, 6) is 0.673. The number of para-hydroxylation sites is 1. The molecular formula is C32H58NO. The summed E-state index contributed by atoms with van der Waals surface area (Å²) >= 11 is 0. The van der Waals surface area contributed by atoms with Crippen molar-refractivity contribution in [2.45, 2.75) is 142 Å². The fourth-order valence-corrected chi connectivity index (χ4v) is 4.86. The van der Waals surface area contributed by atoms with Crippen molar-refractivity contribution < 1.29 is 4.84 Å². The molecule has 0 spiro atoms. The molecule has 0 bridgehead atoms. The Kier molecular flexibility index (Phi) is 21.6. The molecule has 1 aromatic rings. The van der Waals surface area contributed by atoms with Gasteiger partial charge in [-0.1, -0.05) is 148 Å². The number of anilines is 1. The maximum atomic E-state index is 6.28. The van der Waals surface area contributed by atoms with Crippen molar-refractivity contribution in [1.29, 1.82) is 0 Å². The monoisotopic (exact) mass is 472 g/mol. The summed E-state index contributed by atoms with van der Waals surface area (Å²) in [5, 5.41) is 1.97. The topological polar surface area (TPSA) is 12.5 Å². The highest BCUT2D eigenvalue weighted by atomic mass is 16.7. The number of unbranched alkanes of at least 4 members (excludes halogenated alkanes) is 16. The molecule has 0 aliphatic rings. The van der Waals surface area contributed by atoms with Crippen molar-refractivity contribution in [3.63, 3.8) is 0 Å². The first-order chi connectivity index (χ1) is 16.8. The van der Waals surface area contributed by atoms with Crippen LogP contribution < -0.4 is 5.06 Å². The average molecular weight is 473 g/mol. The maximum Gasteiger partial charge on any atom is 0.0776 e. The molecule has 1 radical (unpaired) electrons. The Morgan fingerprint density at radius 1 is 0.618 bits per heavy atom. The first-order valence-electron chi connectivity index (χ1n) is 15.1. The molecule has 1 unspecified atom stereocenters. The van der Waals surface area contributed by atoms with E-state index in [1.165, 1.54) is 128 Å². The lowest BCUT2D eigenvalue weighted by atomic mass is 9.94. The van der Waals surface area contributed by atoms with Gasteiger partial charge in [0.1, 0.15) is 0 Å². The van der Waals surface area contributed by atoms with Crippen LogP contribution in [0.2, 0.25) is 0 Å². The third-order valence-corrected chi connectivity index (χ3v) is 7.15. The minimum absolute atomic E-state index is 0.646. The Morgan fingerprint density at radius 3 is 1.44 bits per heavy atom. The fraction of sp³-hybridized carbons (Fsp3) is 0.781. The molecule has 2 heteroatoms. The zero-order valence-electron chi connectivity index (χ0n) is 23.1. The van der Waals surface area contributed by atoms with Crippen molar-refractivity contribution in [2.75, 3.05) is 18.2 Å². The fourth-order valence-electron chi connectivity index (χ4n) is 4.86. The van der Waals surface area contributed by atoms with Crippen LogP contribution in [0.5, 0.6) is 0 Å². The Morgan fingerprint density at radius 2 is 1.03 bits per heavy atom. The highest BCUT2D eigenvalue weighted by Gasteiger charge is 2.12. The van der Waals surface area contributed by atoms with Gasteiger partial charge in [0.25, 0.3) is 0 Å². The van der Waals surface area contributed by atoms with Gasteiger partial charge in [-0.05, 0) is 37.8 Å². The quantitative estimate of drug-likeness (QED) is 0.104. The highest BCUT2D eigenvalue weighted by molar-refractivity contribution is 5.43. The first-order valence-corrected chi connectivity index (χ1v) is 15.1. The smallest absolute Gasteiger partial charge is 0.0776 e. The zero-order valence-corrected chi connectivity index (χ0v) is 23.1. The van der Waals surface area contributed by atoms with E-state index in [2.05, 4.69) is 51.1 Å². The SMILES string of the molecule is [CH2]CN(OCC(CCCCCCCCCC)CCCCCCCCCCCC)c1ccccc1. The van der Waals surface area contributed by atoms with Gasteiger partial charge in [0.15, 0.2) is 0 Å². The van der Waals surface area contributed by atoms with Gasteiger partial charge in [0, 0.05) is 6.54 Å². The van der Waals surface area contributed by atoms with Gasteiger partial charge < -0.3 is 0 Å². The van der Waals surface area contributed by atoms with Crippen molar-refractivity contribution >= 4 is 5.69 Å². The number of hydroxylamine groups is 1. The van der Waals surface area contributed by atoms with Gasteiger partial charge in [-0.15, -0.1) is 0 Å². The average Bonchev–Trinajstić information content (AvgIpc) is 2.87. The van der Waals surface area contributed by atoms with Gasteiger partial charge in [-0.2, -0.15) is 0 Å². The van der Waals surface area contributed by atoms with E-state index in [-0.39, 0.29) is 0 Å². The number of hydrogen-bond acceptors (Lipinski definition) is 2. The Bertz CT molecular complexity index is 517. The summed E-state index contributed by atoms with van der Waals surface area (Å²) in [6.07, 6.45) is 27.9. The summed E-state index contributed by atoms with van der Waals surface area (Å²) in [6, 6.07) is 10.4. The second kappa shape index (κ2) is 23.7. The zero-order chi connectivity index (χ0) is 24.5. The van der Waals surface area contributed by atoms with Gasteiger partial charge in [-0.3, -0.25) is 9.90 Å². The normalized spacial score (nSPS) is 12.2. The third-order valence-electron chi connectivity index (χ3n) is 7.15. The van der Waals surface area contributed by atoms with E-state index in [9.17, 15) is 0 Å². The Hall–Kier alpha value is -1.02. The van der Waals surface area contributed by atoms with Crippen molar-refractivity contribution in [1.82, 2.24) is 0 Å². The predicted molar refractivity (Wildman–Crippen MR) is 152 cm³/mol. The molecule has 197 valence electrons. The second-order valence-electron chi connectivity index (χ2n) is 10.3. The predicted octanol–water partition coefficient (Wildman–Crippen LogP) is 10.7. The molecule has 34 heavy (non-hydrogen) atoms. The van der Waals surface area contributed by atoms with E-state index in [1.807, 2.05) is 5.06 Å². The summed E-state index contributed by atoms with van der Waals surface area (Å²) in [6.45, 7) is 10.2. The van der Waals surface area contributed by atoms with Crippen LogP contribution in [0.4, 0.5) is 5.69 Å². The van der Waals surface area contributed by atoms with E-state index in [0.717, 1.165) is 12.3 Å². The largest absolute Gasteiger partial charge is 0.273 e. The van der Waals surface area contributed by atoms with Crippen LogP contribution in [0.3, 0.4) is 0 Å². The molecule has 0 saturated heterocycles. The highest BCUT2D eigenvalue weighted by Crippen LogP contribution is 2.22. The molecular weight excluding hydrogens is 414 g/mol. The van der Waals surface area contributed by atoms with Crippen LogP contribution in [0, 0.1) is 12.8 Å². The van der Waals surface area contributed by atoms with Crippen LogP contribution in [-0.4, -0.2) is 13.2 Å². The molecule has 0 amide bonds. The molecule has 0 saturated carbocycles. The van der Waals surface area contributed by atoms with Gasteiger partial charge in [0.05, 0.1) is 12.3 Å². The van der Waals surface area contributed by atoms with Crippen molar-refractivity contribution in [2.24, 2.45) is 5.92 Å². The molecule has 1 aromatic carbocycles. The lowest BCUT2D eigenvalue weighted by Crippen LogP contribution is -2.26. The summed E-state index contributed by atoms with van der Waals surface area (Å²) < 4.78 is 0. The van der Waals surface area contributed by atoms with Crippen LogP contribution >= 0.6 is 0 Å². The van der Waals surface area contributed by atoms with E-state index in [4.69, 9.17) is 4.84 Å². The minimum Gasteiger partial charge on any atom is -0.273 e. The van der Waals surface area contributed by atoms with E-state index >= 15 is 0 Å². The van der Waals surface area contributed by atoms with Crippen LogP contribution in [0.25, 0.3) is 0 Å². The van der Waals surface area contributed by atoms with Crippen molar-refractivity contribution in [3.8, 4) is 0 Å². The van der Waals surface area contributed by atoms with Gasteiger partial charge >= 0.3 is 0 Å². The molecule has 0 fully saturated rings. The minimum atomic E-state index is 0.646. The molecule has 0 aliphatic carbocycles. The van der Waals surface area contributed by atoms with Gasteiger partial charge in [-0.25, -0.2) is 0 Å². The maximum absolute atomic E-state index is 6.28. The van der Waals surface area contributed by atoms with E-state index in [0.29, 0.717) is 12.5 Å². The second-order valence-corrected chi connectivity index (χ2v) is 10.3. The van der Waals surface area contributed by atoms with Gasteiger partial charge in [0.2, 0.25) is 0 Å². The molecule has 0 aromatic heterocycles. The standard InChI is InChI=1S/C32H58NO/c1-4-7-9-11-13-15-16-18-20-23-27-31(26-22-19-17-14-12-10-8-5-2)30-34-33(6-3)32-28-24-21-25-29-32/h21,24-25,28-29,31H,3-20,22-23,26-27,30H2,1-2H3. The Balaban J connectivity index is 2.28. The molecule has 2 nitrogen and oxygen atoms in total. The Labute approximate surface area is 214 Å². The molecule has 0 N–H and O–H groups in total. The lowest BCUT2D eigenvalue weighted by Gasteiger charge is -2.25. The van der Waals surface area contributed by atoms with Crippen LogP contribution in [0.15, 0.2) is 30.3 Å². The molecule has 1 rings (SSSR count). The van der Waals surface area contributed by atoms with E-state index in [1.54, 1.807) is 0 Å². The van der Waals surface area contributed by atoms with Crippen molar-refractivity contribution in [3.05, 3.63) is 37.3 Å². The van der Waals surface area contributed by atoms with Crippen LogP contribution in [-0.2, 0) is 4.84 Å². The van der Waals surface area contributed by atoms with E-state index < -0.39 is 0 Å². The summed E-state index contributed by atoms with van der Waals surface area (Å²) in [5.41, 5.74) is 1.11. The van der Waals surface area contributed by atoms with Crippen LogP contribution in [0.1, 0.15) is 142 Å². The number of nitrogens with zero attached hydrogens (tertiary/aromatic N) is 1. The summed E-state index contributed by atoms with van der Waals surface area (Å²) in [4.78, 5) is 6.28. The molecule has 0 heterocycles. The molecule has 1 atom stereocenters. The molecule has 0 aliphatic heterocycles. The first kappa shape index (κ1) is 31.0.